The summed E-state index contributed by atoms with van der Waals surface area (Å²) in [6.45, 7) is 6.66. The molecule has 0 aromatic heterocycles. The highest BCUT2D eigenvalue weighted by molar-refractivity contribution is 6.76. The maximum absolute atomic E-state index is 15.8. The largest absolute Gasteiger partial charge is 0.467 e. The first-order chi connectivity index (χ1) is 39.0. The Morgan fingerprint density at radius 3 is 1.34 bits per heavy atom. The molecule has 0 spiro atoms. The molecule has 4 aliphatic heterocycles. The van der Waals surface area contributed by atoms with E-state index in [1.54, 1.807) is 76.2 Å². The number of aliphatic hydroxyl groups is 1. The molecule has 2 saturated heterocycles. The van der Waals surface area contributed by atoms with Gasteiger partial charge < -0.3 is 19.3 Å². The first-order valence-corrected chi connectivity index (χ1v) is 27.8. The number of carbonyl (C=O) groups excluding carboxylic acids is 8. The van der Waals surface area contributed by atoms with Crippen molar-refractivity contribution in [1.82, 2.24) is 19.6 Å². The van der Waals surface area contributed by atoms with Gasteiger partial charge in [0.05, 0.1) is 46.2 Å². The summed E-state index contributed by atoms with van der Waals surface area (Å²) in [5, 5.41) is 19.0. The fourth-order valence-corrected chi connectivity index (χ4v) is 10.2. The molecule has 4 aliphatic rings. The molecule has 17 nitrogen and oxygen atoms in total. The number of cyclic esters (lactones) is 2. The van der Waals surface area contributed by atoms with Gasteiger partial charge in [0, 0.05) is 13.1 Å². The van der Waals surface area contributed by atoms with Crippen LogP contribution >= 0.6 is 34.8 Å². The van der Waals surface area contributed by atoms with E-state index in [-0.39, 0.29) is 81.4 Å². The second kappa shape index (κ2) is 27.6. The number of benzene rings is 4. The van der Waals surface area contributed by atoms with Crippen LogP contribution in [0.3, 0.4) is 0 Å². The van der Waals surface area contributed by atoms with Gasteiger partial charge in [0.1, 0.15) is 31.0 Å². The van der Waals surface area contributed by atoms with Crippen molar-refractivity contribution in [1.29, 1.82) is 5.41 Å². The van der Waals surface area contributed by atoms with Crippen LogP contribution in [0.25, 0.3) is 0 Å². The predicted molar refractivity (Wildman–Crippen MR) is 300 cm³/mol. The molecule has 2 fully saturated rings. The van der Waals surface area contributed by atoms with Crippen molar-refractivity contribution in [3.05, 3.63) is 166 Å². The number of nitrogens with one attached hydrogen (secondary N) is 1. The van der Waals surface area contributed by atoms with E-state index < -0.39 is 105 Å². The molecule has 4 aromatic carbocycles. The second-order valence-corrected chi connectivity index (χ2v) is 23.1. The van der Waals surface area contributed by atoms with E-state index >= 15 is 4.39 Å². The minimum Gasteiger partial charge on any atom is -0.467 e. The molecule has 0 bridgehead atoms. The lowest BCUT2D eigenvalue weighted by atomic mass is 9.91. The topological polar surface area (TPSA) is 221 Å². The van der Waals surface area contributed by atoms with Crippen LogP contribution in [0.5, 0.6) is 0 Å². The molecule has 2 N–H and O–H groups in total. The average molecular weight is 1190 g/mol. The number of fused-ring (bicyclic) bond motifs is 2. The van der Waals surface area contributed by atoms with Crippen molar-refractivity contribution < 1.29 is 66.5 Å². The predicted octanol–water partition coefficient (Wildman–Crippen LogP) is 10.7. The van der Waals surface area contributed by atoms with Crippen LogP contribution in [0.15, 0.2) is 133 Å². The molecule has 0 radical (unpaired) electrons. The average Bonchev–Trinajstić information content (AvgIpc) is 4.23. The van der Waals surface area contributed by atoms with Crippen molar-refractivity contribution in [2.45, 2.75) is 94.3 Å². The van der Waals surface area contributed by atoms with Gasteiger partial charge >= 0.3 is 12.2 Å². The molecule has 22 heteroatoms. The number of hydrogen-bond donors (Lipinski definition) is 2. The van der Waals surface area contributed by atoms with E-state index in [2.05, 4.69) is 0 Å². The van der Waals surface area contributed by atoms with Crippen LogP contribution in [0.1, 0.15) is 106 Å². The Labute approximate surface area is 488 Å². The summed E-state index contributed by atoms with van der Waals surface area (Å²) in [7, 11) is 0. The molecule has 0 aliphatic carbocycles. The minimum atomic E-state index is -2.37. The number of rotatable bonds is 21. The fourth-order valence-electron chi connectivity index (χ4n) is 10.1. The van der Waals surface area contributed by atoms with Gasteiger partial charge in [-0.15, -0.1) is 0 Å². The number of halogens is 5. The Morgan fingerprint density at radius 1 is 0.610 bits per heavy atom. The van der Waals surface area contributed by atoms with Crippen molar-refractivity contribution in [2.24, 2.45) is 23.7 Å². The number of nitrogens with zero attached hydrogens (tertiary/aromatic N) is 4. The second-order valence-electron chi connectivity index (χ2n) is 20.8. The quantitative estimate of drug-likeness (QED) is 0.0344. The summed E-state index contributed by atoms with van der Waals surface area (Å²) in [6.07, 6.45) is -2.33. The summed E-state index contributed by atoms with van der Waals surface area (Å²) < 4.78 is 44.3. The number of allylic oxidation sites excluding steroid dienone is 2. The van der Waals surface area contributed by atoms with Gasteiger partial charge in [-0.1, -0.05) is 147 Å². The summed E-state index contributed by atoms with van der Waals surface area (Å²) in [5.41, 5.74) is 2.86. The molecule has 0 unspecified atom stereocenters. The Hall–Kier alpha value is -7.32. The first kappa shape index (κ1) is 62.3. The van der Waals surface area contributed by atoms with E-state index in [4.69, 9.17) is 54.4 Å². The van der Waals surface area contributed by atoms with Crippen molar-refractivity contribution in [3.8, 4) is 0 Å². The first-order valence-electron chi connectivity index (χ1n) is 26.7. The number of amides is 8. The smallest absolute Gasteiger partial charge is 0.416 e. The van der Waals surface area contributed by atoms with Crippen LogP contribution in [-0.2, 0) is 36.6 Å². The molecule has 4 aromatic rings. The third-order valence-electron chi connectivity index (χ3n) is 14.0. The van der Waals surface area contributed by atoms with Gasteiger partial charge in [-0.05, 0) is 97.9 Å². The maximum atomic E-state index is 15.8. The molecular weight excluding hydrogens is 1130 g/mol. The zero-order valence-corrected chi connectivity index (χ0v) is 47.6. The van der Waals surface area contributed by atoms with Crippen LogP contribution in [-0.4, -0.2) is 133 Å². The lowest BCUT2D eigenvalue weighted by Gasteiger charge is -2.31. The van der Waals surface area contributed by atoms with Crippen LogP contribution < -0.4 is 0 Å². The normalized spacial score (nSPS) is 18.7. The summed E-state index contributed by atoms with van der Waals surface area (Å²) in [5.74, 6) is -9.45. The molecule has 4 heterocycles. The third kappa shape index (κ3) is 14.8. The van der Waals surface area contributed by atoms with Gasteiger partial charge in [0.15, 0.2) is 6.10 Å². The molecule has 434 valence electrons. The van der Waals surface area contributed by atoms with E-state index in [1.165, 1.54) is 12.2 Å². The van der Waals surface area contributed by atoms with Gasteiger partial charge in [0.25, 0.3) is 27.4 Å². The number of ether oxygens (including phenoxy) is 3. The highest BCUT2D eigenvalue weighted by atomic mass is 35.6. The molecule has 8 rings (SSSR count). The Bertz CT molecular complexity index is 3050. The van der Waals surface area contributed by atoms with E-state index in [1.807, 2.05) is 60.7 Å². The van der Waals surface area contributed by atoms with Crippen LogP contribution in [0.2, 0.25) is 0 Å². The molecule has 82 heavy (non-hydrogen) atoms. The minimum absolute atomic E-state index is 0.0123. The number of alkyl halides is 3. The molecule has 6 atom stereocenters. The number of hydrogen-bond acceptors (Lipinski definition) is 13. The summed E-state index contributed by atoms with van der Waals surface area (Å²) in [4.78, 5) is 109. The fraction of sp³-hybridized carbons (Fsp3) is 0.383. The van der Waals surface area contributed by atoms with E-state index in [9.17, 15) is 47.9 Å². The van der Waals surface area contributed by atoms with Gasteiger partial charge in [-0.2, -0.15) is 0 Å². The SMILES string of the molecule is CC(C)/C=C(\F)[C@H](O)[C@@H](CCCN1C(=O)c2ccccc2C1=O)C(=O)N1C(=O)OC[C@H]1Cc1ccccc1.CC(C)/C=C(\F)[C@H](OC(=N)C(Cl)(Cl)Cl)[C@@H](CCCN1C(=O)c2ccccc2C1=O)C(=O)N1C(=O)OC[C@H]1Cc1ccccc1. The number of aliphatic hydroxyl groups excluding tert-OH is 1. The Morgan fingerprint density at radius 2 is 0.963 bits per heavy atom. The molecular formula is C60H62Cl3F2N5O12. The Balaban J connectivity index is 0.000000239. The van der Waals surface area contributed by atoms with Gasteiger partial charge in [0.2, 0.25) is 17.7 Å². The van der Waals surface area contributed by atoms with E-state index in [0.717, 1.165) is 30.7 Å². The highest BCUT2D eigenvalue weighted by Gasteiger charge is 2.48. The van der Waals surface area contributed by atoms with Crippen LogP contribution in [0, 0.1) is 29.1 Å². The number of carbonyl (C=O) groups is 8. The van der Waals surface area contributed by atoms with Crippen molar-refractivity contribution in [2.75, 3.05) is 26.3 Å². The number of imide groups is 4. The lowest BCUT2D eigenvalue weighted by molar-refractivity contribution is -0.138. The third-order valence-corrected chi connectivity index (χ3v) is 14.5. The van der Waals surface area contributed by atoms with Crippen LogP contribution in [0.4, 0.5) is 18.4 Å². The highest BCUT2D eigenvalue weighted by Crippen LogP contribution is 2.35. The molecule has 0 saturated carbocycles. The summed E-state index contributed by atoms with van der Waals surface area (Å²) >= 11 is 17.5. The van der Waals surface area contributed by atoms with Crippen molar-refractivity contribution >= 4 is 88.3 Å². The standard InChI is InChI=1S/C31H31Cl3FN3O6.C29H31FN2O6/c1-18(2)15-24(35)25(44-29(36)31(32,33)34)23(13-8-14-37-26(39)21-11-6-7-12-22(21)27(37)40)28(41)38-20(17-43-30(38)42)16-19-9-4-3-5-10-19;1-18(2)15-24(30)25(33)23(13-8-14-31-26(34)21-11-6-7-12-22(21)27(31)35)28(36)32-20(17-38-29(32)37)16-19-9-4-3-5-10-19/h3-7,9-12,15,18,20,23,25,36H,8,13-14,16-17H2,1-2H3;3-7,9-12,15,18,20,23,25,33H,8,13-14,16-17H2,1-2H3/b24-15-,36-29?;24-15-/t2*20-,23-,25-/m11/s1. The monoisotopic (exact) mass is 1190 g/mol. The maximum Gasteiger partial charge on any atom is 0.416 e. The molecule has 8 amide bonds. The zero-order chi connectivity index (χ0) is 59.6. The van der Waals surface area contributed by atoms with E-state index in [0.29, 0.717) is 17.5 Å². The Kier molecular flexibility index (Phi) is 21.0. The zero-order valence-electron chi connectivity index (χ0n) is 45.4. The van der Waals surface area contributed by atoms with Crippen molar-refractivity contribution in [3.63, 3.8) is 0 Å². The summed E-state index contributed by atoms with van der Waals surface area (Å²) in [6, 6.07) is 30.0. The van der Waals surface area contributed by atoms with Gasteiger partial charge in [-0.25, -0.2) is 28.2 Å². The van der Waals surface area contributed by atoms with Gasteiger partial charge in [-0.3, -0.25) is 44.0 Å². The lowest BCUT2D eigenvalue weighted by Crippen LogP contribution is -2.48.